The average Bonchev–Trinajstić information content (AvgIpc) is 2.67. The van der Waals surface area contributed by atoms with Crippen molar-refractivity contribution in [3.63, 3.8) is 0 Å². The van der Waals surface area contributed by atoms with E-state index in [9.17, 15) is 18.3 Å². The highest BCUT2D eigenvalue weighted by Gasteiger charge is 2.37. The lowest BCUT2D eigenvalue weighted by Crippen LogP contribution is -2.60. The summed E-state index contributed by atoms with van der Waals surface area (Å²) in [6, 6.07) is 5.75. The van der Waals surface area contributed by atoms with Crippen molar-refractivity contribution in [1.82, 2.24) is 15.2 Å². The van der Waals surface area contributed by atoms with Gasteiger partial charge in [0.2, 0.25) is 0 Å². The fraction of sp³-hybridized carbons (Fsp3) is 0.381. The van der Waals surface area contributed by atoms with Crippen LogP contribution in [0.2, 0.25) is 0 Å². The van der Waals surface area contributed by atoms with Gasteiger partial charge in [0.25, 0.3) is 0 Å². The number of β-amino-alcohol motifs (C(OH)–C–C–N with tert-alkyl or cyclic N) is 1. The third-order valence-electron chi connectivity index (χ3n) is 5.53. The van der Waals surface area contributed by atoms with Crippen LogP contribution in [0, 0.1) is 13.8 Å². The van der Waals surface area contributed by atoms with Crippen molar-refractivity contribution < 1.29 is 18.3 Å². The van der Waals surface area contributed by atoms with Crippen LogP contribution in [0.1, 0.15) is 35.5 Å². The highest BCUT2D eigenvalue weighted by molar-refractivity contribution is 5.94. The van der Waals surface area contributed by atoms with Crippen molar-refractivity contribution in [2.24, 2.45) is 5.73 Å². The van der Waals surface area contributed by atoms with Gasteiger partial charge in [-0.15, -0.1) is 5.10 Å². The standard InChI is InChI=1S/C21H23F3N6O/c1-11-13(5-4-6-16(11)21(22,23)24)18(25)27-19-14-7-17(30-9-20(3,31)10-30)26-8-15(14)12(2)28-29-19/h4-8,18,31H,9-10,25H2,1-3H3,(H,27,29)/t18-/m0/s1. The molecule has 1 fully saturated rings. The number of nitrogens with zero attached hydrogens (tertiary/aromatic N) is 4. The van der Waals surface area contributed by atoms with E-state index in [-0.39, 0.29) is 5.56 Å². The first-order valence-electron chi connectivity index (χ1n) is 9.75. The Morgan fingerprint density at radius 1 is 1.19 bits per heavy atom. The Hall–Kier alpha value is -2.98. The molecule has 0 saturated carbocycles. The number of hydrogen-bond donors (Lipinski definition) is 3. The van der Waals surface area contributed by atoms with E-state index in [0.717, 1.165) is 11.5 Å². The summed E-state index contributed by atoms with van der Waals surface area (Å²) >= 11 is 0. The van der Waals surface area contributed by atoms with Crippen LogP contribution in [0.3, 0.4) is 0 Å². The molecule has 0 unspecified atom stereocenters. The molecule has 3 aromatic rings. The number of nitrogens with one attached hydrogen (secondary N) is 1. The summed E-state index contributed by atoms with van der Waals surface area (Å²) in [6.45, 7) is 5.86. The Kier molecular flexibility index (Phi) is 5.01. The van der Waals surface area contributed by atoms with Crippen molar-refractivity contribution in [2.45, 2.75) is 38.7 Å². The Morgan fingerprint density at radius 3 is 2.55 bits per heavy atom. The molecule has 31 heavy (non-hydrogen) atoms. The van der Waals surface area contributed by atoms with Crippen molar-refractivity contribution >= 4 is 22.4 Å². The van der Waals surface area contributed by atoms with Crippen molar-refractivity contribution in [1.29, 1.82) is 0 Å². The minimum Gasteiger partial charge on any atom is -0.386 e. The minimum absolute atomic E-state index is 0.0598. The van der Waals surface area contributed by atoms with E-state index in [0.29, 0.717) is 41.4 Å². The number of hydrogen-bond acceptors (Lipinski definition) is 7. The van der Waals surface area contributed by atoms with E-state index in [1.54, 1.807) is 26.1 Å². The Bertz CT molecular complexity index is 1140. The highest BCUT2D eigenvalue weighted by Crippen LogP contribution is 2.35. The van der Waals surface area contributed by atoms with Gasteiger partial charge < -0.3 is 21.1 Å². The molecule has 7 nitrogen and oxygen atoms in total. The predicted molar refractivity (Wildman–Crippen MR) is 112 cm³/mol. The molecule has 1 atom stereocenters. The lowest BCUT2D eigenvalue weighted by Gasteiger charge is -2.45. The number of alkyl halides is 3. The zero-order valence-corrected chi connectivity index (χ0v) is 17.3. The molecule has 0 bridgehead atoms. The SMILES string of the molecule is Cc1c([C@@H](N)Nc2nnc(C)c3cnc(N4CC(C)(O)C4)cc23)cccc1C(F)(F)F. The van der Waals surface area contributed by atoms with Crippen LogP contribution in [-0.2, 0) is 6.18 Å². The molecule has 0 radical (unpaired) electrons. The summed E-state index contributed by atoms with van der Waals surface area (Å²) in [5.41, 5.74) is 5.80. The summed E-state index contributed by atoms with van der Waals surface area (Å²) in [5, 5.41) is 22.8. The van der Waals surface area contributed by atoms with Gasteiger partial charge in [0.15, 0.2) is 5.82 Å². The second kappa shape index (κ2) is 7.31. The van der Waals surface area contributed by atoms with Crippen LogP contribution in [0.5, 0.6) is 0 Å². The number of aryl methyl sites for hydroxylation is 1. The zero-order valence-electron chi connectivity index (χ0n) is 17.3. The van der Waals surface area contributed by atoms with Crippen LogP contribution in [0.15, 0.2) is 30.5 Å². The molecule has 0 spiro atoms. The number of anilines is 2. The summed E-state index contributed by atoms with van der Waals surface area (Å²) in [5.74, 6) is 1.01. The molecule has 0 aliphatic carbocycles. The topological polar surface area (TPSA) is 100 Å². The van der Waals surface area contributed by atoms with Crippen LogP contribution < -0.4 is 16.0 Å². The van der Waals surface area contributed by atoms with Gasteiger partial charge in [-0.3, -0.25) is 0 Å². The number of halogens is 3. The van der Waals surface area contributed by atoms with Gasteiger partial charge in [-0.2, -0.15) is 18.3 Å². The number of rotatable bonds is 4. The summed E-state index contributed by atoms with van der Waals surface area (Å²) in [4.78, 5) is 6.38. The lowest BCUT2D eigenvalue weighted by atomic mass is 9.97. The van der Waals surface area contributed by atoms with E-state index in [4.69, 9.17) is 5.73 Å². The van der Waals surface area contributed by atoms with E-state index >= 15 is 0 Å². The molecule has 10 heteroatoms. The first kappa shape index (κ1) is 21.3. The maximum absolute atomic E-state index is 13.3. The number of nitrogens with two attached hydrogens (primary N) is 1. The molecule has 2 aromatic heterocycles. The van der Waals surface area contributed by atoms with Crippen molar-refractivity contribution in [3.05, 3.63) is 52.8 Å². The van der Waals surface area contributed by atoms with Gasteiger partial charge in [-0.05, 0) is 44.0 Å². The molecule has 3 heterocycles. The van der Waals surface area contributed by atoms with Gasteiger partial charge in [0.1, 0.15) is 12.0 Å². The monoisotopic (exact) mass is 432 g/mol. The molecule has 4 rings (SSSR count). The number of aliphatic hydroxyl groups is 1. The second-order valence-corrected chi connectivity index (χ2v) is 8.21. The fourth-order valence-corrected chi connectivity index (χ4v) is 3.90. The Morgan fingerprint density at radius 2 is 1.90 bits per heavy atom. The van der Waals surface area contributed by atoms with Gasteiger partial charge >= 0.3 is 6.18 Å². The zero-order chi connectivity index (χ0) is 22.6. The van der Waals surface area contributed by atoms with Crippen molar-refractivity contribution in [2.75, 3.05) is 23.3 Å². The van der Waals surface area contributed by atoms with Crippen LogP contribution in [0.4, 0.5) is 24.8 Å². The first-order valence-corrected chi connectivity index (χ1v) is 9.75. The number of fused-ring (bicyclic) bond motifs is 1. The molecule has 1 aromatic carbocycles. The van der Waals surface area contributed by atoms with Crippen LogP contribution >= 0.6 is 0 Å². The van der Waals surface area contributed by atoms with Crippen LogP contribution in [-0.4, -0.2) is 39.0 Å². The van der Waals surface area contributed by atoms with Gasteiger partial charge in [0.05, 0.1) is 16.9 Å². The van der Waals surface area contributed by atoms with Gasteiger partial charge in [-0.1, -0.05) is 12.1 Å². The fourth-order valence-electron chi connectivity index (χ4n) is 3.90. The minimum atomic E-state index is -4.46. The normalized spacial score (nSPS) is 16.8. The largest absolute Gasteiger partial charge is 0.416 e. The number of benzene rings is 1. The predicted octanol–water partition coefficient (Wildman–Crippen LogP) is 3.30. The highest BCUT2D eigenvalue weighted by atomic mass is 19.4. The first-order chi connectivity index (χ1) is 14.5. The molecule has 1 aliphatic rings. The van der Waals surface area contributed by atoms with Gasteiger partial charge in [-0.25, -0.2) is 4.98 Å². The van der Waals surface area contributed by atoms with Gasteiger partial charge in [0, 0.05) is 30.1 Å². The molecule has 1 saturated heterocycles. The maximum atomic E-state index is 13.3. The average molecular weight is 432 g/mol. The Labute approximate surface area is 177 Å². The quantitative estimate of drug-likeness (QED) is 0.544. The van der Waals surface area contributed by atoms with Crippen molar-refractivity contribution in [3.8, 4) is 0 Å². The molecule has 0 amide bonds. The van der Waals surface area contributed by atoms with Crippen LogP contribution in [0.25, 0.3) is 10.8 Å². The third kappa shape index (κ3) is 4.00. The molecule has 164 valence electrons. The Balaban J connectivity index is 1.69. The van der Waals surface area contributed by atoms with E-state index < -0.39 is 23.5 Å². The molecular weight excluding hydrogens is 409 g/mol. The maximum Gasteiger partial charge on any atom is 0.416 e. The summed E-state index contributed by atoms with van der Waals surface area (Å²) in [6.07, 6.45) is -3.72. The van der Waals surface area contributed by atoms with E-state index in [1.807, 2.05) is 11.0 Å². The third-order valence-corrected chi connectivity index (χ3v) is 5.53. The molecular formula is C21H23F3N6O. The molecule has 4 N–H and O–H groups in total. The summed E-state index contributed by atoms with van der Waals surface area (Å²) in [7, 11) is 0. The smallest absolute Gasteiger partial charge is 0.386 e. The molecule has 1 aliphatic heterocycles. The summed E-state index contributed by atoms with van der Waals surface area (Å²) < 4.78 is 39.8. The lowest BCUT2D eigenvalue weighted by molar-refractivity contribution is -0.138. The second-order valence-electron chi connectivity index (χ2n) is 8.21. The number of pyridine rings is 1. The van der Waals surface area contributed by atoms with E-state index in [2.05, 4.69) is 20.5 Å². The number of aromatic nitrogens is 3. The van der Waals surface area contributed by atoms with E-state index in [1.165, 1.54) is 13.0 Å².